The van der Waals surface area contributed by atoms with Gasteiger partial charge in [0.15, 0.2) is 0 Å². The van der Waals surface area contributed by atoms with E-state index in [9.17, 15) is 0 Å². The molecule has 1 aromatic rings. The lowest BCUT2D eigenvalue weighted by Gasteiger charge is -2.23. The van der Waals surface area contributed by atoms with E-state index in [0.29, 0.717) is 0 Å². The Balaban J connectivity index is 0.00000120. The molecular weight excluding hydrogens is 330 g/mol. The Morgan fingerprint density at radius 3 is 2.28 bits per heavy atom. The molecule has 0 spiro atoms. The zero-order valence-corrected chi connectivity index (χ0v) is 13.8. The van der Waals surface area contributed by atoms with Gasteiger partial charge in [-0.15, -0.1) is 0 Å². The van der Waals surface area contributed by atoms with E-state index < -0.39 is 0 Å². The molecule has 2 saturated heterocycles. The van der Waals surface area contributed by atoms with Gasteiger partial charge in [-0.2, -0.15) is 0 Å². The normalized spacial score (nSPS) is 20.7. The van der Waals surface area contributed by atoms with Crippen LogP contribution in [-0.2, 0) is 0 Å². The van der Waals surface area contributed by atoms with Gasteiger partial charge < -0.3 is 21.9 Å². The molecule has 0 aliphatic carbocycles. The molecule has 0 N–H and O–H groups in total. The summed E-state index contributed by atoms with van der Waals surface area (Å²) in [6, 6.07) is 0. The Labute approximate surface area is 126 Å². The molecule has 2 fully saturated rings. The van der Waals surface area contributed by atoms with Gasteiger partial charge in [0, 0.05) is 28.4 Å². The molecule has 6 heteroatoms. The second-order valence-electron chi connectivity index (χ2n) is 4.94. The monoisotopic (exact) mass is 349 g/mol. The van der Waals surface area contributed by atoms with Crippen molar-refractivity contribution in [2.45, 2.75) is 38.5 Å². The third kappa shape index (κ3) is 3.33. The van der Waals surface area contributed by atoms with Gasteiger partial charge in [0.1, 0.15) is 0 Å². The molecule has 0 aromatic carbocycles. The number of anilines is 1. The lowest BCUT2D eigenvalue weighted by atomic mass is 10.1. The van der Waals surface area contributed by atoms with Gasteiger partial charge in [0.2, 0.25) is 0 Å². The van der Waals surface area contributed by atoms with Gasteiger partial charge in [-0.1, -0.05) is 0 Å². The third-order valence-electron chi connectivity index (χ3n) is 3.64. The van der Waals surface area contributed by atoms with Crippen LogP contribution in [0.1, 0.15) is 38.5 Å². The average Bonchev–Trinajstić information content (AvgIpc) is 2.90. The largest absolute Gasteiger partial charge is 1.00 e. The molecule has 0 amide bonds. The van der Waals surface area contributed by atoms with Crippen molar-refractivity contribution in [3.05, 3.63) is 4.80 Å². The van der Waals surface area contributed by atoms with E-state index in [4.69, 9.17) is 4.98 Å². The topological polar surface area (TPSA) is 19.1 Å². The van der Waals surface area contributed by atoms with Crippen LogP contribution >= 0.6 is 20.7 Å². The molecule has 102 valence electrons. The van der Waals surface area contributed by atoms with E-state index in [1.807, 2.05) is 20.7 Å². The number of aromatic nitrogens is 1. The van der Waals surface area contributed by atoms with Crippen molar-refractivity contribution in [3.63, 3.8) is 0 Å². The first-order valence-corrected chi connectivity index (χ1v) is 8.88. The first kappa shape index (κ1) is 14.5. The van der Waals surface area contributed by atoms with Crippen LogP contribution in [0.5, 0.6) is 0 Å². The molecule has 3 heterocycles. The molecule has 2 aliphatic rings. The second kappa shape index (κ2) is 7.01. The average molecular weight is 350 g/mol. The first-order valence-electron chi connectivity index (χ1n) is 6.73. The van der Waals surface area contributed by atoms with E-state index in [0.717, 1.165) is 0 Å². The summed E-state index contributed by atoms with van der Waals surface area (Å²) in [5.74, 6) is 0. The molecule has 3 nitrogen and oxygen atoms in total. The lowest BCUT2D eigenvalue weighted by molar-refractivity contribution is -0.00000342. The van der Waals surface area contributed by atoms with Crippen LogP contribution in [0.15, 0.2) is 0 Å². The van der Waals surface area contributed by atoms with Gasteiger partial charge in [-0.25, -0.2) is 4.58 Å². The fourth-order valence-electron chi connectivity index (χ4n) is 2.61. The summed E-state index contributed by atoms with van der Waals surface area (Å²) in [6.45, 7) is 4.83. The minimum atomic E-state index is 0. The molecule has 0 saturated carbocycles. The van der Waals surface area contributed by atoms with Crippen molar-refractivity contribution in [3.8, 4) is 0 Å². The van der Waals surface area contributed by atoms with Crippen LogP contribution in [0.3, 0.4) is 0 Å². The Morgan fingerprint density at radius 1 is 0.889 bits per heavy atom. The highest BCUT2D eigenvalue weighted by atomic mass is 79.9. The van der Waals surface area contributed by atoms with Crippen molar-refractivity contribution in [2.75, 3.05) is 31.1 Å². The number of halogens is 1. The molecule has 0 bridgehead atoms. The zero-order valence-electron chi connectivity index (χ0n) is 10.6. The highest BCUT2D eigenvalue weighted by Gasteiger charge is 2.20. The molecule has 0 unspecified atom stereocenters. The molecular formula is C12H20BrN3S2. The van der Waals surface area contributed by atoms with Crippen molar-refractivity contribution in [1.29, 1.82) is 0 Å². The van der Waals surface area contributed by atoms with Crippen molar-refractivity contribution < 1.29 is 17.0 Å². The van der Waals surface area contributed by atoms with Crippen LogP contribution in [0, 0.1) is 0 Å². The quantitative estimate of drug-likeness (QED) is 0.486. The van der Waals surface area contributed by atoms with Crippen molar-refractivity contribution in [2.24, 2.45) is 0 Å². The molecule has 2 aliphatic heterocycles. The number of rotatable bonds is 1. The van der Waals surface area contributed by atoms with Gasteiger partial charge in [0.05, 0.1) is 13.1 Å². The highest BCUT2D eigenvalue weighted by Crippen LogP contribution is 2.22. The van der Waals surface area contributed by atoms with E-state index >= 15 is 0 Å². The summed E-state index contributed by atoms with van der Waals surface area (Å²) in [5.41, 5.74) is 0. The summed E-state index contributed by atoms with van der Waals surface area (Å²) < 4.78 is 2.47. The minimum Gasteiger partial charge on any atom is -1.00 e. The SMILES string of the molecule is C1CCN(c2nc(=[N+]3CCCCC3)ss2)CC1.[Br-]. The van der Waals surface area contributed by atoms with Crippen LogP contribution < -0.4 is 31.3 Å². The van der Waals surface area contributed by atoms with Gasteiger partial charge >= 0.3 is 9.93 Å². The number of hydrogen-bond acceptors (Lipinski definition) is 4. The van der Waals surface area contributed by atoms with Crippen molar-refractivity contribution in [1.82, 2.24) is 9.56 Å². The highest BCUT2D eigenvalue weighted by molar-refractivity contribution is 7.69. The standard InChI is InChI=1S/C12H20N3S2.BrH/c1-3-7-14(8-4-1)11-13-12(17-16-11)15-9-5-2-6-10-15;/h1-10H2;1H/q+1;/p-1. The third-order valence-corrected chi connectivity index (χ3v) is 5.86. The van der Waals surface area contributed by atoms with Crippen molar-refractivity contribution >= 4 is 25.8 Å². The molecule has 1 aromatic heterocycles. The molecule has 3 rings (SSSR count). The summed E-state index contributed by atoms with van der Waals surface area (Å²) in [5, 5.41) is 1.26. The fraction of sp³-hybridized carbons (Fsp3) is 0.833. The van der Waals surface area contributed by atoms with E-state index in [2.05, 4.69) is 9.48 Å². The van der Waals surface area contributed by atoms with Gasteiger partial charge in [0.25, 0.3) is 0 Å². The van der Waals surface area contributed by atoms with E-state index in [1.165, 1.54) is 74.6 Å². The Kier molecular flexibility index (Phi) is 5.63. The summed E-state index contributed by atoms with van der Waals surface area (Å²) in [7, 11) is 3.73. The first-order chi connectivity index (χ1) is 8.43. The minimum absolute atomic E-state index is 0. The molecule has 18 heavy (non-hydrogen) atoms. The van der Waals surface area contributed by atoms with Gasteiger partial charge in [-0.3, -0.25) is 0 Å². The number of hydrogen-bond donors (Lipinski definition) is 0. The maximum absolute atomic E-state index is 4.85. The van der Waals surface area contributed by atoms with Crippen LogP contribution in [0.2, 0.25) is 0 Å². The Hall–Kier alpha value is 0.0600. The smallest absolute Gasteiger partial charge is 0.390 e. The predicted octanol–water partition coefficient (Wildman–Crippen LogP) is -0.845. The lowest BCUT2D eigenvalue weighted by Crippen LogP contribution is -3.00. The van der Waals surface area contributed by atoms with Crippen LogP contribution in [0.25, 0.3) is 0 Å². The second-order valence-corrected chi connectivity index (χ2v) is 7.00. The Morgan fingerprint density at radius 2 is 1.56 bits per heavy atom. The summed E-state index contributed by atoms with van der Waals surface area (Å²) in [4.78, 5) is 8.58. The Bertz CT molecular complexity index is 427. The molecule has 0 radical (unpaired) electrons. The maximum atomic E-state index is 4.85. The zero-order chi connectivity index (χ0) is 11.5. The fourth-order valence-corrected chi connectivity index (χ4v) is 4.94. The van der Waals surface area contributed by atoms with Crippen LogP contribution in [-0.4, -0.2) is 31.2 Å². The summed E-state index contributed by atoms with van der Waals surface area (Å²) in [6.07, 6.45) is 8.13. The molecule has 0 atom stereocenters. The van der Waals surface area contributed by atoms with Gasteiger partial charge in [-0.05, 0) is 48.9 Å². The predicted molar refractivity (Wildman–Crippen MR) is 74.9 cm³/mol. The van der Waals surface area contributed by atoms with E-state index in [1.54, 1.807) is 0 Å². The number of nitrogens with zero attached hydrogens (tertiary/aromatic N) is 3. The van der Waals surface area contributed by atoms with Crippen LogP contribution in [0.4, 0.5) is 5.13 Å². The van der Waals surface area contributed by atoms with E-state index in [-0.39, 0.29) is 17.0 Å². The summed E-state index contributed by atoms with van der Waals surface area (Å²) >= 11 is 0. The maximum Gasteiger partial charge on any atom is 0.390 e. The number of piperidine rings is 2.